The SMILES string of the molecule is CN(CC1CCCN1)S(=O)(=O)c1ccccc1Br. The predicted molar refractivity (Wildman–Crippen MR) is 75.0 cm³/mol. The third kappa shape index (κ3) is 2.93. The normalized spacial score (nSPS) is 20.5. The van der Waals surface area contributed by atoms with Crippen LogP contribution < -0.4 is 5.32 Å². The zero-order chi connectivity index (χ0) is 13.2. The maximum absolute atomic E-state index is 12.4. The average molecular weight is 333 g/mol. The van der Waals surface area contributed by atoms with Gasteiger partial charge >= 0.3 is 0 Å². The van der Waals surface area contributed by atoms with Gasteiger partial charge in [-0.3, -0.25) is 0 Å². The summed E-state index contributed by atoms with van der Waals surface area (Å²) in [5.41, 5.74) is 0. The van der Waals surface area contributed by atoms with E-state index in [1.165, 1.54) is 4.31 Å². The van der Waals surface area contributed by atoms with Crippen molar-refractivity contribution in [3.63, 3.8) is 0 Å². The third-order valence-corrected chi connectivity index (χ3v) is 6.00. The van der Waals surface area contributed by atoms with Crippen LogP contribution in [0.1, 0.15) is 12.8 Å². The van der Waals surface area contributed by atoms with Gasteiger partial charge in [0.2, 0.25) is 10.0 Å². The fourth-order valence-electron chi connectivity index (χ4n) is 2.14. The van der Waals surface area contributed by atoms with E-state index in [4.69, 9.17) is 0 Å². The molecule has 1 N–H and O–H groups in total. The molecule has 0 amide bonds. The van der Waals surface area contributed by atoms with Crippen LogP contribution in [-0.2, 0) is 10.0 Å². The minimum atomic E-state index is -3.41. The van der Waals surface area contributed by atoms with E-state index in [1.54, 1.807) is 25.2 Å². The van der Waals surface area contributed by atoms with Crippen molar-refractivity contribution in [2.75, 3.05) is 20.1 Å². The second kappa shape index (κ2) is 5.69. The Morgan fingerprint density at radius 2 is 2.17 bits per heavy atom. The number of likely N-dealkylation sites (N-methyl/N-ethyl adjacent to an activating group) is 1. The molecular formula is C12H17BrN2O2S. The maximum Gasteiger partial charge on any atom is 0.243 e. The van der Waals surface area contributed by atoms with Crippen LogP contribution in [0.2, 0.25) is 0 Å². The summed E-state index contributed by atoms with van der Waals surface area (Å²) in [6.45, 7) is 1.50. The minimum Gasteiger partial charge on any atom is -0.313 e. The summed E-state index contributed by atoms with van der Waals surface area (Å²) in [7, 11) is -1.78. The number of sulfonamides is 1. The van der Waals surface area contributed by atoms with Gasteiger partial charge in [0.05, 0.1) is 4.90 Å². The molecule has 1 aliphatic heterocycles. The number of hydrogen-bond donors (Lipinski definition) is 1. The van der Waals surface area contributed by atoms with Gasteiger partial charge in [0.1, 0.15) is 0 Å². The van der Waals surface area contributed by atoms with E-state index in [0.29, 0.717) is 15.9 Å². The van der Waals surface area contributed by atoms with E-state index in [9.17, 15) is 8.42 Å². The monoisotopic (exact) mass is 332 g/mol. The van der Waals surface area contributed by atoms with Crippen LogP contribution in [-0.4, -0.2) is 38.9 Å². The molecule has 2 rings (SSSR count). The highest BCUT2D eigenvalue weighted by molar-refractivity contribution is 9.10. The number of halogens is 1. The fourth-order valence-corrected chi connectivity index (χ4v) is 4.32. The number of nitrogens with zero attached hydrogens (tertiary/aromatic N) is 1. The standard InChI is InChI=1S/C12H17BrN2O2S/c1-15(9-10-5-4-8-14-10)18(16,17)12-7-3-2-6-11(12)13/h2-3,6-7,10,14H,4-5,8-9H2,1H3. The lowest BCUT2D eigenvalue weighted by molar-refractivity contribution is 0.417. The van der Waals surface area contributed by atoms with Gasteiger partial charge in [-0.15, -0.1) is 0 Å². The van der Waals surface area contributed by atoms with Crippen molar-refractivity contribution < 1.29 is 8.42 Å². The number of rotatable bonds is 4. The largest absolute Gasteiger partial charge is 0.313 e. The van der Waals surface area contributed by atoms with Crippen LogP contribution in [0.25, 0.3) is 0 Å². The zero-order valence-corrected chi connectivity index (χ0v) is 12.7. The summed E-state index contributed by atoms with van der Waals surface area (Å²) in [6.07, 6.45) is 2.16. The van der Waals surface area contributed by atoms with Crippen molar-refractivity contribution in [3.8, 4) is 0 Å². The number of hydrogen-bond acceptors (Lipinski definition) is 3. The molecule has 1 unspecified atom stereocenters. The van der Waals surface area contributed by atoms with Gasteiger partial charge < -0.3 is 5.32 Å². The van der Waals surface area contributed by atoms with E-state index in [1.807, 2.05) is 6.07 Å². The molecule has 1 fully saturated rings. The molecule has 1 aromatic carbocycles. The Morgan fingerprint density at radius 1 is 1.44 bits per heavy atom. The second-order valence-electron chi connectivity index (χ2n) is 4.51. The smallest absolute Gasteiger partial charge is 0.243 e. The third-order valence-electron chi connectivity index (χ3n) is 3.16. The van der Waals surface area contributed by atoms with Crippen molar-refractivity contribution in [1.29, 1.82) is 0 Å². The summed E-state index contributed by atoms with van der Waals surface area (Å²) >= 11 is 3.29. The molecule has 18 heavy (non-hydrogen) atoms. The Balaban J connectivity index is 2.17. The quantitative estimate of drug-likeness (QED) is 0.914. The van der Waals surface area contributed by atoms with Gasteiger partial charge in [-0.2, -0.15) is 4.31 Å². The number of benzene rings is 1. The van der Waals surface area contributed by atoms with Gasteiger partial charge in [-0.25, -0.2) is 8.42 Å². The van der Waals surface area contributed by atoms with Gasteiger partial charge in [0, 0.05) is 24.1 Å². The molecule has 100 valence electrons. The van der Waals surface area contributed by atoms with E-state index in [0.717, 1.165) is 19.4 Å². The van der Waals surface area contributed by atoms with Crippen molar-refractivity contribution in [2.24, 2.45) is 0 Å². The molecule has 1 atom stereocenters. The Hall–Kier alpha value is -0.430. The first kappa shape index (κ1) is 14.0. The highest BCUT2D eigenvalue weighted by atomic mass is 79.9. The van der Waals surface area contributed by atoms with Crippen molar-refractivity contribution in [1.82, 2.24) is 9.62 Å². The lowest BCUT2D eigenvalue weighted by Crippen LogP contribution is -2.38. The molecular weight excluding hydrogens is 316 g/mol. The Morgan fingerprint density at radius 3 is 2.78 bits per heavy atom. The summed E-state index contributed by atoms with van der Waals surface area (Å²) in [6, 6.07) is 7.18. The van der Waals surface area contributed by atoms with E-state index in [-0.39, 0.29) is 6.04 Å². The molecule has 0 saturated carbocycles. The molecule has 0 spiro atoms. The fraction of sp³-hybridized carbons (Fsp3) is 0.500. The topological polar surface area (TPSA) is 49.4 Å². The van der Waals surface area contributed by atoms with Crippen LogP contribution >= 0.6 is 15.9 Å². The average Bonchev–Trinajstić information content (AvgIpc) is 2.82. The van der Waals surface area contributed by atoms with Gasteiger partial charge in [-0.05, 0) is 47.4 Å². The van der Waals surface area contributed by atoms with Gasteiger partial charge in [0.15, 0.2) is 0 Å². The molecule has 1 aromatic rings. The van der Waals surface area contributed by atoms with Crippen LogP contribution in [0.5, 0.6) is 0 Å². The summed E-state index contributed by atoms with van der Waals surface area (Å²) in [5, 5.41) is 3.31. The molecule has 0 bridgehead atoms. The number of nitrogens with one attached hydrogen (secondary N) is 1. The lowest BCUT2D eigenvalue weighted by Gasteiger charge is -2.21. The molecule has 6 heteroatoms. The van der Waals surface area contributed by atoms with Crippen LogP contribution in [0.3, 0.4) is 0 Å². The zero-order valence-electron chi connectivity index (χ0n) is 10.3. The molecule has 1 heterocycles. The first-order chi connectivity index (χ1) is 8.51. The Labute approximate surface area is 117 Å². The van der Waals surface area contributed by atoms with Crippen molar-refractivity contribution in [2.45, 2.75) is 23.8 Å². The van der Waals surface area contributed by atoms with E-state index >= 15 is 0 Å². The van der Waals surface area contributed by atoms with Crippen LogP contribution in [0.15, 0.2) is 33.6 Å². The van der Waals surface area contributed by atoms with Crippen LogP contribution in [0, 0.1) is 0 Å². The molecule has 0 radical (unpaired) electrons. The van der Waals surface area contributed by atoms with Crippen molar-refractivity contribution in [3.05, 3.63) is 28.7 Å². The molecule has 4 nitrogen and oxygen atoms in total. The highest BCUT2D eigenvalue weighted by Crippen LogP contribution is 2.24. The highest BCUT2D eigenvalue weighted by Gasteiger charge is 2.26. The molecule has 0 aliphatic carbocycles. The predicted octanol–water partition coefficient (Wildman–Crippen LogP) is 1.82. The van der Waals surface area contributed by atoms with E-state index in [2.05, 4.69) is 21.2 Å². The van der Waals surface area contributed by atoms with Crippen LogP contribution in [0.4, 0.5) is 0 Å². The Bertz CT molecular complexity index is 513. The lowest BCUT2D eigenvalue weighted by atomic mass is 10.2. The Kier molecular flexibility index (Phi) is 4.42. The molecule has 1 saturated heterocycles. The summed E-state index contributed by atoms with van der Waals surface area (Å²) in [4.78, 5) is 0.325. The maximum atomic E-state index is 12.4. The minimum absolute atomic E-state index is 0.271. The van der Waals surface area contributed by atoms with E-state index < -0.39 is 10.0 Å². The van der Waals surface area contributed by atoms with Gasteiger partial charge in [-0.1, -0.05) is 12.1 Å². The van der Waals surface area contributed by atoms with Gasteiger partial charge in [0.25, 0.3) is 0 Å². The first-order valence-electron chi connectivity index (χ1n) is 5.96. The first-order valence-corrected chi connectivity index (χ1v) is 8.19. The molecule has 1 aliphatic rings. The summed E-state index contributed by atoms with van der Waals surface area (Å²) < 4.78 is 26.9. The van der Waals surface area contributed by atoms with Crippen molar-refractivity contribution >= 4 is 26.0 Å². The molecule has 0 aromatic heterocycles. The second-order valence-corrected chi connectivity index (χ2v) is 7.38. The summed E-state index contributed by atoms with van der Waals surface area (Å²) in [5.74, 6) is 0.